The molecule has 0 spiro atoms. The summed E-state index contributed by atoms with van der Waals surface area (Å²) in [5, 5.41) is 4.18. The van der Waals surface area contributed by atoms with Crippen LogP contribution in [0.1, 0.15) is 17.7 Å². The van der Waals surface area contributed by atoms with Crippen LogP contribution < -0.4 is 9.80 Å². The van der Waals surface area contributed by atoms with Gasteiger partial charge >= 0.3 is 0 Å². The molecule has 1 amide bonds. The molecular weight excluding hydrogens is 354 g/mol. The van der Waals surface area contributed by atoms with Crippen molar-refractivity contribution in [1.82, 2.24) is 24.7 Å². The molecule has 1 fully saturated rings. The molecule has 0 saturated carbocycles. The molecule has 1 aliphatic heterocycles. The number of aromatic nitrogens is 5. The molecule has 1 aliphatic carbocycles. The quantitative estimate of drug-likeness (QED) is 0.692. The minimum atomic E-state index is 0.0649. The minimum absolute atomic E-state index is 0.0649. The molecule has 8 heteroatoms. The van der Waals surface area contributed by atoms with Gasteiger partial charge < -0.3 is 9.80 Å². The fourth-order valence-corrected chi connectivity index (χ4v) is 3.98. The number of carbonyl (C=O) groups is 1. The number of hydrogen-bond acceptors (Lipinski definition) is 6. The first-order valence-electron chi connectivity index (χ1n) is 9.53. The minimum Gasteiger partial charge on any atom is -0.345 e. The molecule has 3 aromatic rings. The van der Waals surface area contributed by atoms with E-state index in [2.05, 4.69) is 15.0 Å². The van der Waals surface area contributed by atoms with E-state index >= 15 is 0 Å². The highest BCUT2D eigenvalue weighted by Crippen LogP contribution is 2.32. The van der Waals surface area contributed by atoms with Crippen LogP contribution in [0.25, 0.3) is 11.4 Å². The second kappa shape index (κ2) is 6.70. The molecule has 28 heavy (non-hydrogen) atoms. The number of rotatable bonds is 3. The van der Waals surface area contributed by atoms with E-state index in [-0.39, 0.29) is 5.91 Å². The summed E-state index contributed by atoms with van der Waals surface area (Å²) in [5.41, 5.74) is 4.10. The predicted octanol–water partition coefficient (Wildman–Crippen LogP) is 1.61. The van der Waals surface area contributed by atoms with E-state index < -0.39 is 0 Å². The van der Waals surface area contributed by atoms with Crippen LogP contribution in [0.5, 0.6) is 0 Å². The summed E-state index contributed by atoms with van der Waals surface area (Å²) in [5.74, 6) is 1.68. The largest absolute Gasteiger partial charge is 0.345 e. The van der Waals surface area contributed by atoms with Crippen molar-refractivity contribution in [2.45, 2.75) is 19.3 Å². The van der Waals surface area contributed by atoms with Gasteiger partial charge in [0.25, 0.3) is 0 Å². The molecule has 0 bridgehead atoms. The Morgan fingerprint density at radius 2 is 1.93 bits per heavy atom. The average Bonchev–Trinajstić information content (AvgIpc) is 3.36. The number of nitrogens with zero attached hydrogens (tertiary/aromatic N) is 7. The van der Waals surface area contributed by atoms with Crippen molar-refractivity contribution in [2.24, 2.45) is 7.05 Å². The number of carbonyl (C=O) groups excluding carboxylic acids is 1. The lowest BCUT2D eigenvalue weighted by Gasteiger charge is -2.35. The van der Waals surface area contributed by atoms with Gasteiger partial charge in [-0.25, -0.2) is 9.97 Å². The Balaban J connectivity index is 1.47. The summed E-state index contributed by atoms with van der Waals surface area (Å²) in [7, 11) is 1.86. The van der Waals surface area contributed by atoms with Crippen molar-refractivity contribution in [1.29, 1.82) is 0 Å². The highest BCUT2D eigenvalue weighted by atomic mass is 16.2. The molecule has 0 aromatic carbocycles. The van der Waals surface area contributed by atoms with Gasteiger partial charge in [0.15, 0.2) is 5.82 Å². The normalized spacial score (nSPS) is 16.5. The van der Waals surface area contributed by atoms with Crippen molar-refractivity contribution >= 4 is 17.4 Å². The van der Waals surface area contributed by atoms with E-state index in [4.69, 9.17) is 9.97 Å². The van der Waals surface area contributed by atoms with Crippen molar-refractivity contribution in [2.75, 3.05) is 29.4 Å². The highest BCUT2D eigenvalue weighted by Gasteiger charge is 2.30. The third kappa shape index (κ3) is 2.90. The maximum absolute atomic E-state index is 12.8. The molecule has 1 saturated heterocycles. The topological polar surface area (TPSA) is 80.0 Å². The molecule has 5 rings (SSSR count). The monoisotopic (exact) mass is 375 g/mol. The van der Waals surface area contributed by atoms with Gasteiger partial charge in [0.1, 0.15) is 5.82 Å². The van der Waals surface area contributed by atoms with Crippen LogP contribution in [-0.2, 0) is 24.7 Å². The molecule has 2 aliphatic rings. The van der Waals surface area contributed by atoms with Gasteiger partial charge in [-0.05, 0) is 31.4 Å². The lowest BCUT2D eigenvalue weighted by molar-refractivity contribution is -0.117. The Bertz CT molecular complexity index is 1030. The van der Waals surface area contributed by atoms with Gasteiger partial charge in [-0.1, -0.05) is 0 Å². The summed E-state index contributed by atoms with van der Waals surface area (Å²) in [6.07, 6.45) is 10.1. The Hall–Kier alpha value is -3.29. The summed E-state index contributed by atoms with van der Waals surface area (Å²) < 4.78 is 1.72. The number of aryl methyl sites for hydroxylation is 2. The van der Waals surface area contributed by atoms with Crippen LogP contribution in [0.4, 0.5) is 11.5 Å². The van der Waals surface area contributed by atoms with Crippen molar-refractivity contribution in [3.05, 3.63) is 48.2 Å². The third-order valence-corrected chi connectivity index (χ3v) is 5.37. The van der Waals surface area contributed by atoms with Crippen LogP contribution in [-0.4, -0.2) is 50.3 Å². The molecule has 0 unspecified atom stereocenters. The molecular formula is C20H21N7O. The Morgan fingerprint density at radius 1 is 1.07 bits per heavy atom. The van der Waals surface area contributed by atoms with E-state index in [9.17, 15) is 4.79 Å². The zero-order valence-corrected chi connectivity index (χ0v) is 15.7. The molecule has 142 valence electrons. The number of pyridine rings is 1. The second-order valence-electron chi connectivity index (χ2n) is 7.22. The number of hydrogen-bond donors (Lipinski definition) is 0. The Kier molecular flexibility index (Phi) is 4.03. The number of piperazine rings is 1. The van der Waals surface area contributed by atoms with Gasteiger partial charge in [0.05, 0.1) is 18.4 Å². The van der Waals surface area contributed by atoms with Crippen LogP contribution >= 0.6 is 0 Å². The Morgan fingerprint density at radius 3 is 2.68 bits per heavy atom. The molecule has 8 nitrogen and oxygen atoms in total. The zero-order chi connectivity index (χ0) is 19.1. The molecule has 0 atom stereocenters. The van der Waals surface area contributed by atoms with Crippen LogP contribution in [0.3, 0.4) is 0 Å². The number of amides is 1. The Labute approximate surface area is 162 Å². The van der Waals surface area contributed by atoms with E-state index in [1.165, 1.54) is 5.56 Å². The number of anilines is 2. The first kappa shape index (κ1) is 16.9. The second-order valence-corrected chi connectivity index (χ2v) is 7.22. The maximum Gasteiger partial charge on any atom is 0.246 e. The zero-order valence-electron chi connectivity index (χ0n) is 15.7. The fraction of sp³-hybridized carbons (Fsp3) is 0.350. The first-order valence-corrected chi connectivity index (χ1v) is 9.53. The molecule has 0 N–H and O–H groups in total. The lowest BCUT2D eigenvalue weighted by atomic mass is 10.1. The van der Waals surface area contributed by atoms with E-state index in [1.807, 2.05) is 25.4 Å². The van der Waals surface area contributed by atoms with Gasteiger partial charge in [0, 0.05) is 55.5 Å². The summed E-state index contributed by atoms with van der Waals surface area (Å²) in [4.78, 5) is 30.5. The van der Waals surface area contributed by atoms with Gasteiger partial charge in [-0.3, -0.25) is 14.5 Å². The van der Waals surface area contributed by atoms with Crippen LogP contribution in [0.15, 0.2) is 36.9 Å². The van der Waals surface area contributed by atoms with Gasteiger partial charge in [-0.15, -0.1) is 0 Å². The summed E-state index contributed by atoms with van der Waals surface area (Å²) in [6, 6.07) is 3.85. The highest BCUT2D eigenvalue weighted by molar-refractivity contribution is 5.97. The summed E-state index contributed by atoms with van der Waals surface area (Å²) >= 11 is 0. The smallest absolute Gasteiger partial charge is 0.246 e. The summed E-state index contributed by atoms with van der Waals surface area (Å²) in [6.45, 7) is 1.67. The van der Waals surface area contributed by atoms with Gasteiger partial charge in [-0.2, -0.15) is 5.10 Å². The van der Waals surface area contributed by atoms with E-state index in [1.54, 1.807) is 28.2 Å². The predicted molar refractivity (Wildman–Crippen MR) is 105 cm³/mol. The average molecular weight is 375 g/mol. The molecule has 4 heterocycles. The van der Waals surface area contributed by atoms with Crippen LogP contribution in [0.2, 0.25) is 0 Å². The fourth-order valence-electron chi connectivity index (χ4n) is 3.98. The van der Waals surface area contributed by atoms with E-state index in [0.717, 1.165) is 48.6 Å². The first-order chi connectivity index (χ1) is 13.7. The molecule has 0 radical (unpaired) electrons. The number of fused-ring (bicyclic) bond motifs is 1. The lowest BCUT2D eigenvalue weighted by Crippen LogP contribution is -2.51. The van der Waals surface area contributed by atoms with Gasteiger partial charge in [0.2, 0.25) is 5.91 Å². The van der Waals surface area contributed by atoms with Crippen molar-refractivity contribution in [3.63, 3.8) is 0 Å². The van der Waals surface area contributed by atoms with Crippen molar-refractivity contribution < 1.29 is 4.79 Å². The SMILES string of the molecule is Cn1cc(N2CCN(c3nc(-c4ccncc4)nc4c3CCC4)CC2=O)cn1. The van der Waals surface area contributed by atoms with Crippen LogP contribution in [0, 0.1) is 0 Å². The van der Waals surface area contributed by atoms with Crippen molar-refractivity contribution in [3.8, 4) is 11.4 Å². The standard InChI is InChI=1S/C20H21N7O/c1-25-12-15(11-22-25)27-10-9-26(13-18(27)28)20-16-3-2-4-17(16)23-19(24-20)14-5-7-21-8-6-14/h5-8,11-12H,2-4,9-10,13H2,1H3. The maximum atomic E-state index is 12.8. The molecule has 3 aromatic heterocycles. The third-order valence-electron chi connectivity index (χ3n) is 5.37. The van der Waals surface area contributed by atoms with E-state index in [0.29, 0.717) is 18.9 Å².